The molecule has 0 saturated heterocycles. The molecule has 5 nitrogen and oxygen atoms in total. The minimum atomic E-state index is -1.66. The minimum Gasteiger partial charge on any atom is -0.465 e. The number of anilines is 2. The second-order valence-electron chi connectivity index (χ2n) is 5.15. The molecule has 8 heteroatoms. The highest BCUT2D eigenvalue weighted by molar-refractivity contribution is 5.96. The van der Waals surface area contributed by atoms with Crippen LogP contribution in [0.1, 0.15) is 17.3 Å². The Hall–Kier alpha value is -3.03. The number of methoxy groups -OCH3 is 1. The van der Waals surface area contributed by atoms with Gasteiger partial charge in [0, 0.05) is 5.69 Å². The summed E-state index contributed by atoms with van der Waals surface area (Å²) in [4.78, 5) is 23.4. The van der Waals surface area contributed by atoms with Crippen LogP contribution >= 0.6 is 0 Å². The number of nitrogens with one attached hydrogen (secondary N) is 2. The Morgan fingerprint density at radius 2 is 1.64 bits per heavy atom. The summed E-state index contributed by atoms with van der Waals surface area (Å²) in [6, 6.07) is 6.99. The summed E-state index contributed by atoms with van der Waals surface area (Å²) in [5.74, 6) is -5.61. The third kappa shape index (κ3) is 4.28. The zero-order valence-corrected chi connectivity index (χ0v) is 13.4. The van der Waals surface area contributed by atoms with Crippen molar-refractivity contribution in [2.45, 2.75) is 13.0 Å². The van der Waals surface area contributed by atoms with Gasteiger partial charge in [0.15, 0.2) is 17.5 Å². The summed E-state index contributed by atoms with van der Waals surface area (Å²) >= 11 is 0. The highest BCUT2D eigenvalue weighted by atomic mass is 19.2. The van der Waals surface area contributed by atoms with E-state index in [4.69, 9.17) is 0 Å². The smallest absolute Gasteiger partial charge is 0.337 e. The van der Waals surface area contributed by atoms with Crippen LogP contribution in [0.4, 0.5) is 24.5 Å². The number of ether oxygens (including phenoxy) is 1. The van der Waals surface area contributed by atoms with Crippen molar-refractivity contribution in [1.29, 1.82) is 0 Å². The van der Waals surface area contributed by atoms with Crippen molar-refractivity contribution in [3.8, 4) is 0 Å². The molecule has 2 N–H and O–H groups in total. The lowest BCUT2D eigenvalue weighted by Gasteiger charge is -2.16. The van der Waals surface area contributed by atoms with Crippen LogP contribution in [-0.2, 0) is 9.53 Å². The molecule has 0 bridgehead atoms. The number of halogens is 3. The molecule has 0 aliphatic carbocycles. The molecular formula is C17H15F3N2O3. The fourth-order valence-electron chi connectivity index (χ4n) is 2.00. The Bertz CT molecular complexity index is 794. The summed E-state index contributed by atoms with van der Waals surface area (Å²) in [6.07, 6.45) is 0. The second-order valence-corrected chi connectivity index (χ2v) is 5.15. The molecular weight excluding hydrogens is 337 g/mol. The van der Waals surface area contributed by atoms with E-state index >= 15 is 0 Å². The molecule has 1 amide bonds. The van der Waals surface area contributed by atoms with Gasteiger partial charge in [-0.3, -0.25) is 4.79 Å². The molecule has 0 unspecified atom stereocenters. The number of hydrogen-bond donors (Lipinski definition) is 2. The van der Waals surface area contributed by atoms with Crippen molar-refractivity contribution in [3.63, 3.8) is 0 Å². The summed E-state index contributed by atoms with van der Waals surface area (Å²) in [6.45, 7) is 1.50. The van der Waals surface area contributed by atoms with E-state index in [-0.39, 0.29) is 0 Å². The number of benzene rings is 2. The van der Waals surface area contributed by atoms with Crippen LogP contribution in [0, 0.1) is 17.5 Å². The highest BCUT2D eigenvalue weighted by Gasteiger charge is 2.18. The van der Waals surface area contributed by atoms with E-state index in [1.54, 1.807) is 12.1 Å². The zero-order valence-electron chi connectivity index (χ0n) is 13.4. The topological polar surface area (TPSA) is 67.4 Å². The average Bonchev–Trinajstić information content (AvgIpc) is 2.62. The van der Waals surface area contributed by atoms with Crippen LogP contribution in [0.25, 0.3) is 0 Å². The maximum Gasteiger partial charge on any atom is 0.337 e. The Labute approximate surface area is 141 Å². The van der Waals surface area contributed by atoms with Gasteiger partial charge in [0.05, 0.1) is 18.4 Å². The SMILES string of the molecule is COC(=O)c1ccc(N[C@@H](C)C(=O)Nc2ccc(F)c(F)c2F)cc1. The van der Waals surface area contributed by atoms with E-state index in [1.807, 2.05) is 0 Å². The summed E-state index contributed by atoms with van der Waals surface area (Å²) in [5.41, 5.74) is 0.411. The van der Waals surface area contributed by atoms with Crippen molar-refractivity contribution in [2.24, 2.45) is 0 Å². The van der Waals surface area contributed by atoms with Crippen molar-refractivity contribution in [3.05, 3.63) is 59.4 Å². The van der Waals surface area contributed by atoms with Gasteiger partial charge in [0.25, 0.3) is 0 Å². The summed E-state index contributed by atoms with van der Waals surface area (Å²) in [5, 5.41) is 5.02. The van der Waals surface area contributed by atoms with E-state index in [2.05, 4.69) is 15.4 Å². The molecule has 2 rings (SSSR count). The standard InChI is InChI=1S/C17H15F3N2O3/c1-9(21-11-5-3-10(4-6-11)17(24)25-2)16(23)22-13-8-7-12(18)14(19)15(13)20/h3-9,21H,1-2H3,(H,22,23)/t9-/m0/s1. The predicted molar refractivity (Wildman–Crippen MR) is 85.8 cm³/mol. The molecule has 0 saturated carbocycles. The second kappa shape index (κ2) is 7.69. The molecule has 0 spiro atoms. The Balaban J connectivity index is 2.03. The molecule has 25 heavy (non-hydrogen) atoms. The first-order chi connectivity index (χ1) is 11.8. The van der Waals surface area contributed by atoms with Crippen LogP contribution in [0.2, 0.25) is 0 Å². The first kappa shape index (κ1) is 18.3. The molecule has 0 aromatic heterocycles. The van der Waals surface area contributed by atoms with Crippen LogP contribution < -0.4 is 10.6 Å². The fraction of sp³-hybridized carbons (Fsp3) is 0.176. The van der Waals surface area contributed by atoms with Crippen molar-refractivity contribution in [2.75, 3.05) is 17.7 Å². The maximum atomic E-state index is 13.6. The minimum absolute atomic E-state index is 0.342. The molecule has 0 fully saturated rings. The third-order valence-corrected chi connectivity index (χ3v) is 3.38. The van der Waals surface area contributed by atoms with Crippen LogP contribution in [0.3, 0.4) is 0 Å². The third-order valence-electron chi connectivity index (χ3n) is 3.38. The van der Waals surface area contributed by atoms with Gasteiger partial charge in [-0.25, -0.2) is 18.0 Å². The van der Waals surface area contributed by atoms with E-state index in [1.165, 1.54) is 26.2 Å². The van der Waals surface area contributed by atoms with Gasteiger partial charge in [-0.05, 0) is 43.3 Å². The fourth-order valence-corrected chi connectivity index (χ4v) is 2.00. The Kier molecular flexibility index (Phi) is 5.63. The van der Waals surface area contributed by atoms with Gasteiger partial charge in [-0.2, -0.15) is 0 Å². The Morgan fingerprint density at radius 3 is 2.24 bits per heavy atom. The molecule has 1 atom stereocenters. The quantitative estimate of drug-likeness (QED) is 0.640. The van der Waals surface area contributed by atoms with Gasteiger partial charge < -0.3 is 15.4 Å². The predicted octanol–water partition coefficient (Wildman–Crippen LogP) is 3.33. The van der Waals surface area contributed by atoms with Crippen molar-refractivity contribution in [1.82, 2.24) is 0 Å². The van der Waals surface area contributed by atoms with E-state index in [0.29, 0.717) is 11.3 Å². The molecule has 0 aliphatic heterocycles. The molecule has 132 valence electrons. The molecule has 2 aromatic carbocycles. The number of amides is 1. The van der Waals surface area contributed by atoms with Crippen LogP contribution in [0.5, 0.6) is 0 Å². The van der Waals surface area contributed by atoms with Gasteiger partial charge in [0.2, 0.25) is 5.91 Å². The maximum absolute atomic E-state index is 13.6. The monoisotopic (exact) mass is 352 g/mol. The van der Waals surface area contributed by atoms with Crippen molar-refractivity contribution >= 4 is 23.3 Å². The van der Waals surface area contributed by atoms with Gasteiger partial charge in [-0.15, -0.1) is 0 Å². The molecule has 2 aromatic rings. The number of esters is 1. The average molecular weight is 352 g/mol. The lowest BCUT2D eigenvalue weighted by atomic mass is 10.2. The highest BCUT2D eigenvalue weighted by Crippen LogP contribution is 2.20. The summed E-state index contributed by atoms with van der Waals surface area (Å²) < 4.78 is 44.2. The normalized spacial score (nSPS) is 11.6. The molecule has 0 aliphatic rings. The summed E-state index contributed by atoms with van der Waals surface area (Å²) in [7, 11) is 1.26. The number of carbonyl (C=O) groups is 2. The zero-order chi connectivity index (χ0) is 18.6. The number of rotatable bonds is 5. The van der Waals surface area contributed by atoms with Gasteiger partial charge >= 0.3 is 5.97 Å². The Morgan fingerprint density at radius 1 is 1.00 bits per heavy atom. The first-order valence-electron chi connectivity index (χ1n) is 7.22. The van der Waals surface area contributed by atoms with E-state index < -0.39 is 41.1 Å². The van der Waals surface area contributed by atoms with E-state index in [0.717, 1.165) is 12.1 Å². The first-order valence-corrected chi connectivity index (χ1v) is 7.22. The lowest BCUT2D eigenvalue weighted by Crippen LogP contribution is -2.32. The van der Waals surface area contributed by atoms with Gasteiger partial charge in [-0.1, -0.05) is 0 Å². The lowest BCUT2D eigenvalue weighted by molar-refractivity contribution is -0.116. The van der Waals surface area contributed by atoms with Gasteiger partial charge in [0.1, 0.15) is 6.04 Å². The number of carbonyl (C=O) groups excluding carboxylic acids is 2. The van der Waals surface area contributed by atoms with Crippen LogP contribution in [0.15, 0.2) is 36.4 Å². The van der Waals surface area contributed by atoms with E-state index in [9.17, 15) is 22.8 Å². The largest absolute Gasteiger partial charge is 0.465 e. The number of hydrogen-bond acceptors (Lipinski definition) is 4. The molecule has 0 heterocycles. The van der Waals surface area contributed by atoms with Crippen molar-refractivity contribution < 1.29 is 27.5 Å². The molecule has 0 radical (unpaired) electrons. The van der Waals surface area contributed by atoms with Crippen LogP contribution in [-0.4, -0.2) is 25.0 Å².